The number of rotatable bonds is 4. The van der Waals surface area contributed by atoms with Gasteiger partial charge in [-0.1, -0.05) is 0 Å². The molecule has 0 unspecified atom stereocenters. The Labute approximate surface area is 86.1 Å². The molecule has 0 atom stereocenters. The fourth-order valence-corrected chi connectivity index (χ4v) is 1.24. The van der Waals surface area contributed by atoms with Crippen LogP contribution in [0.2, 0.25) is 0 Å². The van der Waals surface area contributed by atoms with E-state index in [0.717, 1.165) is 0 Å². The van der Waals surface area contributed by atoms with Gasteiger partial charge in [-0.15, -0.1) is 0 Å². The van der Waals surface area contributed by atoms with Gasteiger partial charge in [0, 0.05) is 12.1 Å². The lowest BCUT2D eigenvalue weighted by atomic mass is 10.1. The minimum atomic E-state index is -1.07. The summed E-state index contributed by atoms with van der Waals surface area (Å²) in [5.41, 5.74) is 6.52. The summed E-state index contributed by atoms with van der Waals surface area (Å²) >= 11 is 0. The Morgan fingerprint density at radius 1 is 1.20 bits per heavy atom. The number of hydrogen-bond acceptors (Lipinski definition) is 3. The van der Waals surface area contributed by atoms with Gasteiger partial charge in [-0.05, 0) is 30.2 Å². The molecule has 80 valence electrons. The van der Waals surface area contributed by atoms with Crippen LogP contribution in [0, 0.1) is 0 Å². The molecule has 0 aliphatic carbocycles. The maximum absolute atomic E-state index is 10.7. The first-order valence-electron chi connectivity index (χ1n) is 4.33. The number of carboxylic acids is 2. The number of nitrogens with two attached hydrogens (primary N) is 1. The van der Waals surface area contributed by atoms with E-state index in [1.165, 1.54) is 12.1 Å². The lowest BCUT2D eigenvalue weighted by Crippen LogP contribution is -2.02. The molecule has 0 aliphatic heterocycles. The summed E-state index contributed by atoms with van der Waals surface area (Å²) in [5.74, 6) is -1.99. The van der Waals surface area contributed by atoms with E-state index in [0.29, 0.717) is 11.3 Å². The Morgan fingerprint density at radius 3 is 2.40 bits per heavy atom. The summed E-state index contributed by atoms with van der Waals surface area (Å²) in [4.78, 5) is 21.0. The van der Waals surface area contributed by atoms with Crippen molar-refractivity contribution < 1.29 is 19.8 Å². The Morgan fingerprint density at radius 2 is 1.87 bits per heavy atom. The minimum absolute atomic E-state index is 0.0392. The van der Waals surface area contributed by atoms with Crippen molar-refractivity contribution in [3.05, 3.63) is 29.3 Å². The molecule has 0 aromatic heterocycles. The SMILES string of the molecule is Nc1cc(CCC(=O)O)cc(C(=O)O)c1. The van der Waals surface area contributed by atoms with Gasteiger partial charge < -0.3 is 15.9 Å². The average Bonchev–Trinajstić information content (AvgIpc) is 2.13. The topological polar surface area (TPSA) is 101 Å². The van der Waals surface area contributed by atoms with E-state index < -0.39 is 11.9 Å². The third-order valence-electron chi connectivity index (χ3n) is 1.89. The van der Waals surface area contributed by atoms with Gasteiger partial charge in [-0.3, -0.25) is 4.79 Å². The number of anilines is 1. The molecule has 0 radical (unpaired) electrons. The number of aryl methyl sites for hydroxylation is 1. The Kier molecular flexibility index (Phi) is 3.28. The predicted octanol–water partition coefficient (Wildman–Crippen LogP) is 0.984. The summed E-state index contributed by atoms with van der Waals surface area (Å²) in [6.07, 6.45) is 0.239. The number of nitrogen functional groups attached to an aromatic ring is 1. The first-order valence-corrected chi connectivity index (χ1v) is 4.33. The zero-order chi connectivity index (χ0) is 11.4. The molecule has 0 saturated heterocycles. The second-order valence-corrected chi connectivity index (χ2v) is 3.16. The summed E-state index contributed by atoms with van der Waals surface area (Å²) < 4.78 is 0. The van der Waals surface area contributed by atoms with E-state index in [1.54, 1.807) is 6.07 Å². The van der Waals surface area contributed by atoms with Crippen molar-refractivity contribution in [3.63, 3.8) is 0 Å². The molecule has 0 amide bonds. The summed E-state index contributed by atoms with van der Waals surface area (Å²) in [5, 5.41) is 17.2. The molecule has 1 rings (SSSR count). The standard InChI is InChI=1S/C10H11NO4/c11-8-4-6(1-2-9(12)13)3-7(5-8)10(14)15/h3-5H,1-2,11H2,(H,12,13)(H,14,15). The zero-order valence-corrected chi connectivity index (χ0v) is 7.93. The van der Waals surface area contributed by atoms with Crippen molar-refractivity contribution >= 4 is 17.6 Å². The Bertz CT molecular complexity index is 400. The molecule has 1 aromatic rings. The maximum Gasteiger partial charge on any atom is 0.335 e. The highest BCUT2D eigenvalue weighted by molar-refractivity contribution is 5.89. The van der Waals surface area contributed by atoms with Gasteiger partial charge in [-0.25, -0.2) is 4.79 Å². The van der Waals surface area contributed by atoms with Crippen LogP contribution in [0.3, 0.4) is 0 Å². The Hall–Kier alpha value is -2.04. The van der Waals surface area contributed by atoms with E-state index in [9.17, 15) is 9.59 Å². The molecular weight excluding hydrogens is 198 g/mol. The van der Waals surface area contributed by atoms with E-state index in [-0.39, 0.29) is 18.4 Å². The van der Waals surface area contributed by atoms with Crippen molar-refractivity contribution in [3.8, 4) is 0 Å². The lowest BCUT2D eigenvalue weighted by Gasteiger charge is -2.03. The molecule has 0 bridgehead atoms. The fraction of sp³-hybridized carbons (Fsp3) is 0.200. The number of carboxylic acid groups (broad SMARTS) is 2. The first-order chi connectivity index (χ1) is 6.99. The predicted molar refractivity (Wildman–Crippen MR) is 53.8 cm³/mol. The summed E-state index contributed by atoms with van der Waals surface area (Å²) in [6, 6.07) is 4.35. The molecule has 4 N–H and O–H groups in total. The van der Waals surface area contributed by atoms with Crippen molar-refractivity contribution in [2.75, 3.05) is 5.73 Å². The second-order valence-electron chi connectivity index (χ2n) is 3.16. The van der Waals surface area contributed by atoms with Crippen molar-refractivity contribution in [2.45, 2.75) is 12.8 Å². The number of carbonyl (C=O) groups is 2. The van der Waals surface area contributed by atoms with Gasteiger partial charge in [-0.2, -0.15) is 0 Å². The summed E-state index contributed by atoms with van der Waals surface area (Å²) in [7, 11) is 0. The highest BCUT2D eigenvalue weighted by Crippen LogP contribution is 2.13. The normalized spacial score (nSPS) is 9.87. The fourth-order valence-electron chi connectivity index (χ4n) is 1.24. The monoisotopic (exact) mass is 209 g/mol. The number of aromatic carboxylic acids is 1. The quantitative estimate of drug-likeness (QED) is 0.642. The third kappa shape index (κ3) is 3.30. The van der Waals surface area contributed by atoms with E-state index in [1.807, 2.05) is 0 Å². The van der Waals surface area contributed by atoms with Gasteiger partial charge in [0.05, 0.1) is 5.56 Å². The molecule has 5 heteroatoms. The van der Waals surface area contributed by atoms with Crippen LogP contribution in [0.5, 0.6) is 0 Å². The van der Waals surface area contributed by atoms with Crippen LogP contribution in [-0.2, 0) is 11.2 Å². The number of hydrogen-bond donors (Lipinski definition) is 3. The molecule has 0 heterocycles. The van der Waals surface area contributed by atoms with Crippen LogP contribution in [-0.4, -0.2) is 22.2 Å². The minimum Gasteiger partial charge on any atom is -0.481 e. The molecule has 0 aliphatic rings. The highest BCUT2D eigenvalue weighted by Gasteiger charge is 2.06. The summed E-state index contributed by atoms with van der Waals surface area (Å²) in [6.45, 7) is 0. The Balaban J connectivity index is 2.88. The molecule has 15 heavy (non-hydrogen) atoms. The highest BCUT2D eigenvalue weighted by atomic mass is 16.4. The van der Waals surface area contributed by atoms with Gasteiger partial charge in [0.25, 0.3) is 0 Å². The first kappa shape index (κ1) is 11.0. The van der Waals surface area contributed by atoms with Gasteiger partial charge in [0.1, 0.15) is 0 Å². The number of aliphatic carboxylic acids is 1. The van der Waals surface area contributed by atoms with Gasteiger partial charge in [0.15, 0.2) is 0 Å². The molecule has 5 nitrogen and oxygen atoms in total. The van der Waals surface area contributed by atoms with Crippen molar-refractivity contribution in [1.29, 1.82) is 0 Å². The van der Waals surface area contributed by atoms with Gasteiger partial charge >= 0.3 is 11.9 Å². The molecule has 1 aromatic carbocycles. The van der Waals surface area contributed by atoms with Crippen LogP contribution in [0.4, 0.5) is 5.69 Å². The molecular formula is C10H11NO4. The van der Waals surface area contributed by atoms with E-state index in [2.05, 4.69) is 0 Å². The van der Waals surface area contributed by atoms with Gasteiger partial charge in [0.2, 0.25) is 0 Å². The van der Waals surface area contributed by atoms with Crippen LogP contribution in [0.25, 0.3) is 0 Å². The maximum atomic E-state index is 10.7. The smallest absolute Gasteiger partial charge is 0.335 e. The average molecular weight is 209 g/mol. The largest absolute Gasteiger partial charge is 0.481 e. The van der Waals surface area contributed by atoms with Crippen molar-refractivity contribution in [2.24, 2.45) is 0 Å². The second kappa shape index (κ2) is 4.45. The lowest BCUT2D eigenvalue weighted by molar-refractivity contribution is -0.136. The van der Waals surface area contributed by atoms with Crippen LogP contribution < -0.4 is 5.73 Å². The van der Waals surface area contributed by atoms with E-state index in [4.69, 9.17) is 15.9 Å². The van der Waals surface area contributed by atoms with E-state index >= 15 is 0 Å². The third-order valence-corrected chi connectivity index (χ3v) is 1.89. The molecule has 0 saturated carbocycles. The van der Waals surface area contributed by atoms with Crippen LogP contribution in [0.1, 0.15) is 22.3 Å². The van der Waals surface area contributed by atoms with Crippen molar-refractivity contribution in [1.82, 2.24) is 0 Å². The molecule has 0 spiro atoms. The zero-order valence-electron chi connectivity index (χ0n) is 7.93. The van der Waals surface area contributed by atoms with Crippen LogP contribution >= 0.6 is 0 Å². The molecule has 0 fully saturated rings. The number of benzene rings is 1. The van der Waals surface area contributed by atoms with Crippen LogP contribution in [0.15, 0.2) is 18.2 Å².